The van der Waals surface area contributed by atoms with E-state index in [1.54, 1.807) is 7.11 Å². The van der Waals surface area contributed by atoms with Crippen molar-refractivity contribution in [3.8, 4) is 12.3 Å². The number of methoxy groups -OCH3 is 1. The van der Waals surface area contributed by atoms with Gasteiger partial charge in [-0.3, -0.25) is 0 Å². The van der Waals surface area contributed by atoms with Crippen molar-refractivity contribution < 1.29 is 4.74 Å². The molecule has 1 atom stereocenters. The Morgan fingerprint density at radius 3 is 2.82 bits per heavy atom. The molecule has 0 aliphatic carbocycles. The highest BCUT2D eigenvalue weighted by atomic mass is 16.5. The Kier molecular flexibility index (Phi) is 2.53. The number of likely N-dealkylation sites (tertiary alicyclic amines) is 1. The molecule has 0 amide bonds. The van der Waals surface area contributed by atoms with Crippen LogP contribution in [-0.4, -0.2) is 38.8 Å². The second-order valence-corrected chi connectivity index (χ2v) is 3.35. The summed E-state index contributed by atoms with van der Waals surface area (Å²) in [6.45, 7) is 2.75. The number of hydrogen-bond acceptors (Lipinski definition) is 2. The van der Waals surface area contributed by atoms with Crippen molar-refractivity contribution in [2.24, 2.45) is 5.41 Å². The predicted molar refractivity (Wildman–Crippen MR) is 45.3 cm³/mol. The van der Waals surface area contributed by atoms with Crippen LogP contribution in [0, 0.1) is 17.8 Å². The van der Waals surface area contributed by atoms with E-state index in [1.807, 2.05) is 0 Å². The molecule has 0 unspecified atom stereocenters. The first-order chi connectivity index (χ1) is 5.22. The van der Waals surface area contributed by atoms with Crippen LogP contribution in [0.1, 0.15) is 6.42 Å². The minimum atomic E-state index is -0.0104. The van der Waals surface area contributed by atoms with Crippen LogP contribution < -0.4 is 0 Å². The second-order valence-electron chi connectivity index (χ2n) is 3.35. The normalized spacial score (nSPS) is 32.1. The number of nitrogens with zero attached hydrogens (tertiary/aromatic N) is 1. The molecule has 0 bridgehead atoms. The van der Waals surface area contributed by atoms with Gasteiger partial charge in [-0.25, -0.2) is 0 Å². The van der Waals surface area contributed by atoms with Crippen LogP contribution in [0.2, 0.25) is 0 Å². The Bertz CT molecular complexity index is 169. The summed E-state index contributed by atoms with van der Waals surface area (Å²) < 4.78 is 5.10. The van der Waals surface area contributed by atoms with Crippen molar-refractivity contribution in [2.45, 2.75) is 6.42 Å². The van der Waals surface area contributed by atoms with E-state index in [2.05, 4.69) is 17.9 Å². The summed E-state index contributed by atoms with van der Waals surface area (Å²) in [5.74, 6) is 2.84. The van der Waals surface area contributed by atoms with Crippen LogP contribution >= 0.6 is 0 Å². The molecule has 1 fully saturated rings. The van der Waals surface area contributed by atoms with Crippen molar-refractivity contribution in [3.05, 3.63) is 0 Å². The van der Waals surface area contributed by atoms with E-state index in [-0.39, 0.29) is 5.41 Å². The van der Waals surface area contributed by atoms with Crippen LogP contribution in [0.3, 0.4) is 0 Å². The van der Waals surface area contributed by atoms with Gasteiger partial charge in [0.05, 0.1) is 12.0 Å². The molecule has 1 rings (SSSR count). The zero-order valence-corrected chi connectivity index (χ0v) is 7.26. The molecule has 1 saturated heterocycles. The monoisotopic (exact) mass is 153 g/mol. The predicted octanol–water partition coefficient (Wildman–Crippen LogP) is 0.588. The molecule has 0 aromatic rings. The van der Waals surface area contributed by atoms with Gasteiger partial charge < -0.3 is 9.64 Å². The molecule has 2 heteroatoms. The third kappa shape index (κ3) is 1.74. The SMILES string of the molecule is C#C[C@]1(COC)CCN(C)C1. The lowest BCUT2D eigenvalue weighted by atomic mass is 9.89. The standard InChI is InChI=1S/C9H15NO/c1-4-9(8-11-3)5-6-10(2)7-9/h1H,5-8H2,2-3H3/t9-/m0/s1. The summed E-state index contributed by atoms with van der Waals surface area (Å²) in [7, 11) is 3.80. The van der Waals surface area contributed by atoms with Gasteiger partial charge in [-0.15, -0.1) is 6.42 Å². The van der Waals surface area contributed by atoms with Crippen molar-refractivity contribution in [2.75, 3.05) is 33.9 Å². The zero-order valence-electron chi connectivity index (χ0n) is 7.26. The number of hydrogen-bond donors (Lipinski definition) is 0. The highest BCUT2D eigenvalue weighted by molar-refractivity contribution is 5.10. The highest BCUT2D eigenvalue weighted by Gasteiger charge is 2.34. The number of rotatable bonds is 2. The topological polar surface area (TPSA) is 12.5 Å². The fraction of sp³-hybridized carbons (Fsp3) is 0.778. The first-order valence-electron chi connectivity index (χ1n) is 3.88. The van der Waals surface area contributed by atoms with Crippen LogP contribution in [0.15, 0.2) is 0 Å². The number of terminal acetylenes is 1. The van der Waals surface area contributed by atoms with Crippen molar-refractivity contribution in [3.63, 3.8) is 0 Å². The maximum absolute atomic E-state index is 5.46. The lowest BCUT2D eigenvalue weighted by Gasteiger charge is -2.20. The van der Waals surface area contributed by atoms with E-state index >= 15 is 0 Å². The van der Waals surface area contributed by atoms with Gasteiger partial charge in [-0.1, -0.05) is 5.92 Å². The van der Waals surface area contributed by atoms with E-state index in [9.17, 15) is 0 Å². The third-order valence-corrected chi connectivity index (χ3v) is 2.27. The first kappa shape index (κ1) is 8.58. The highest BCUT2D eigenvalue weighted by Crippen LogP contribution is 2.28. The van der Waals surface area contributed by atoms with Gasteiger partial charge in [0.2, 0.25) is 0 Å². The van der Waals surface area contributed by atoms with Crippen molar-refractivity contribution in [1.29, 1.82) is 0 Å². The Balaban J connectivity index is 2.57. The number of ether oxygens (including phenoxy) is 1. The molecule has 0 N–H and O–H groups in total. The van der Waals surface area contributed by atoms with Crippen LogP contribution in [0.5, 0.6) is 0 Å². The zero-order chi connectivity index (χ0) is 8.32. The first-order valence-corrected chi connectivity index (χ1v) is 3.88. The van der Waals surface area contributed by atoms with Gasteiger partial charge >= 0.3 is 0 Å². The summed E-state index contributed by atoms with van der Waals surface area (Å²) in [4.78, 5) is 2.25. The summed E-state index contributed by atoms with van der Waals surface area (Å²) in [6.07, 6.45) is 6.52. The van der Waals surface area contributed by atoms with Gasteiger partial charge in [-0.2, -0.15) is 0 Å². The van der Waals surface area contributed by atoms with Crippen molar-refractivity contribution in [1.82, 2.24) is 4.90 Å². The van der Waals surface area contributed by atoms with E-state index in [0.717, 1.165) is 19.5 Å². The summed E-state index contributed by atoms with van der Waals surface area (Å²) in [5, 5.41) is 0. The molecule has 0 aromatic carbocycles. The molecule has 62 valence electrons. The maximum atomic E-state index is 5.46. The average Bonchev–Trinajstić information content (AvgIpc) is 2.34. The summed E-state index contributed by atoms with van der Waals surface area (Å²) >= 11 is 0. The molecular weight excluding hydrogens is 138 g/mol. The van der Waals surface area contributed by atoms with E-state index in [0.29, 0.717) is 6.61 Å². The molecule has 0 saturated carbocycles. The van der Waals surface area contributed by atoms with Gasteiger partial charge in [0.15, 0.2) is 0 Å². The van der Waals surface area contributed by atoms with E-state index < -0.39 is 0 Å². The molecule has 0 spiro atoms. The van der Waals surface area contributed by atoms with Crippen LogP contribution in [0.25, 0.3) is 0 Å². The maximum Gasteiger partial charge on any atom is 0.0683 e. The smallest absolute Gasteiger partial charge is 0.0683 e. The lowest BCUT2D eigenvalue weighted by molar-refractivity contribution is 0.122. The van der Waals surface area contributed by atoms with Crippen LogP contribution in [0.4, 0.5) is 0 Å². The Morgan fingerprint density at radius 2 is 2.45 bits per heavy atom. The fourth-order valence-corrected chi connectivity index (χ4v) is 1.63. The minimum Gasteiger partial charge on any atom is -0.383 e. The molecule has 1 aliphatic heterocycles. The fourth-order valence-electron chi connectivity index (χ4n) is 1.63. The molecule has 11 heavy (non-hydrogen) atoms. The quantitative estimate of drug-likeness (QED) is 0.538. The van der Waals surface area contributed by atoms with E-state index in [4.69, 9.17) is 11.2 Å². The van der Waals surface area contributed by atoms with Crippen LogP contribution in [-0.2, 0) is 4.74 Å². The summed E-state index contributed by atoms with van der Waals surface area (Å²) in [5.41, 5.74) is -0.0104. The lowest BCUT2D eigenvalue weighted by Crippen LogP contribution is -2.28. The second kappa shape index (κ2) is 3.25. The Labute approximate surface area is 68.5 Å². The minimum absolute atomic E-state index is 0.0104. The Hall–Kier alpha value is -0.520. The van der Waals surface area contributed by atoms with E-state index in [1.165, 1.54) is 0 Å². The molecule has 2 nitrogen and oxygen atoms in total. The molecule has 0 aromatic heterocycles. The van der Waals surface area contributed by atoms with Gasteiger partial charge in [0.1, 0.15) is 0 Å². The Morgan fingerprint density at radius 1 is 1.73 bits per heavy atom. The molecular formula is C9H15NO. The molecule has 1 aliphatic rings. The third-order valence-electron chi connectivity index (χ3n) is 2.27. The van der Waals surface area contributed by atoms with Crippen molar-refractivity contribution >= 4 is 0 Å². The average molecular weight is 153 g/mol. The molecule has 1 heterocycles. The largest absolute Gasteiger partial charge is 0.383 e. The van der Waals surface area contributed by atoms with Gasteiger partial charge in [0, 0.05) is 13.7 Å². The van der Waals surface area contributed by atoms with Gasteiger partial charge in [0.25, 0.3) is 0 Å². The van der Waals surface area contributed by atoms with Gasteiger partial charge in [-0.05, 0) is 20.0 Å². The summed E-state index contributed by atoms with van der Waals surface area (Å²) in [6, 6.07) is 0. The molecule has 0 radical (unpaired) electrons.